The molecule has 81 heavy (non-hydrogen) atoms. The van der Waals surface area contributed by atoms with Crippen LogP contribution >= 0.6 is 0 Å². The Hall–Kier alpha value is -5.30. The molecule has 0 aliphatic carbocycles. The van der Waals surface area contributed by atoms with E-state index >= 15 is 0 Å². The Balaban J connectivity index is -0.000000109. The van der Waals surface area contributed by atoms with Crippen molar-refractivity contribution in [1.82, 2.24) is 0 Å². The first-order chi connectivity index (χ1) is 33.3. The van der Waals surface area contributed by atoms with Crippen LogP contribution in [0.1, 0.15) is 0 Å². The summed E-state index contributed by atoms with van der Waals surface area (Å²) in [6, 6.07) is 0. The maximum atomic E-state index is 11.3. The largest absolute Gasteiger partial charge is 2.00 e. The van der Waals surface area contributed by atoms with Crippen LogP contribution < -0.4 is 30.6 Å². The van der Waals surface area contributed by atoms with Gasteiger partial charge in [0.2, 0.25) is 0 Å². The van der Waals surface area contributed by atoms with Gasteiger partial charge in [-0.15, -0.1) is 0 Å². The summed E-state index contributed by atoms with van der Waals surface area (Å²) in [5.41, 5.74) is 0. The van der Waals surface area contributed by atoms with E-state index in [1.54, 1.807) is 0 Å². The van der Waals surface area contributed by atoms with Crippen molar-refractivity contribution in [3.8, 4) is 0 Å². The smallest absolute Gasteiger partial charge is 0.869 e. The number of alkyl halides is 36. The van der Waals surface area contributed by atoms with Crippen molar-refractivity contribution in [1.29, 1.82) is 0 Å². The first-order valence-electron chi connectivity index (χ1n) is 15.7. The van der Waals surface area contributed by atoms with Crippen LogP contribution in [0.3, 0.4) is 0 Å². The molecule has 51 heteroatoms. The van der Waals surface area contributed by atoms with Crippen LogP contribution in [0.5, 0.6) is 0 Å². The molecule has 0 fully saturated rings. The van der Waals surface area contributed by atoms with Crippen molar-refractivity contribution >= 4 is 62.0 Å². The predicted molar refractivity (Wildman–Crippen MR) is 157 cm³/mol. The van der Waals surface area contributed by atoms with Crippen LogP contribution in [-0.2, 0) is 62.9 Å². The number of rotatable bonds is 6. The van der Waals surface area contributed by atoms with Crippen LogP contribution in [0.15, 0.2) is 71.0 Å². The van der Waals surface area contributed by atoms with Crippen LogP contribution in [0.25, 0.3) is 0 Å². The van der Waals surface area contributed by atoms with Gasteiger partial charge in [-0.05, 0) is 71.0 Å². The van der Waals surface area contributed by atoms with Crippen molar-refractivity contribution in [2.45, 2.75) is 74.1 Å². The summed E-state index contributed by atoms with van der Waals surface area (Å²) in [5.74, 6) is -33.9. The molecular formula is C30H6F36Mn2O12Pb. The van der Waals surface area contributed by atoms with E-state index in [1.807, 2.05) is 0 Å². The Morgan fingerprint density at radius 2 is 0.247 bits per heavy atom. The van der Waals surface area contributed by atoms with Crippen LogP contribution in [0, 0.1) is 0 Å². The Labute approximate surface area is 457 Å². The van der Waals surface area contributed by atoms with Crippen LogP contribution in [0.4, 0.5) is 158 Å². The zero-order chi connectivity index (χ0) is 65.2. The number of carbonyl (C=O) groups excluding carboxylic acids is 6. The fraction of sp³-hybridized carbons (Fsp3) is 0.400. The quantitative estimate of drug-likeness (QED) is 0.145. The topological polar surface area (TPSA) is 241 Å². The van der Waals surface area contributed by atoms with Gasteiger partial charge in [-0.3, -0.25) is 28.8 Å². The van der Waals surface area contributed by atoms with Crippen molar-refractivity contribution in [2.75, 3.05) is 0 Å². The molecule has 0 atom stereocenters. The second-order valence-corrected chi connectivity index (χ2v) is 11.2. The SMILES string of the molecule is O=C(/C=C(\[O-])C(F)(F)F)C(F)(F)F.O=C(/C=C(\[O-])C(F)(F)F)C(F)(F)F.O=C(/C=C(\[O-])C(F)(F)F)C(F)(F)F.O=C(/C=C(\[O-])C(F)(F)F)C(F)(F)F.O=C(/C=C(\[O-])C(F)(F)F)C(F)(F)F.O=C(/C=C(\[O-])C(F)(F)F)C(F)(F)F.[Mn+2].[Mn+2].[Pb+2]. The van der Waals surface area contributed by atoms with Gasteiger partial charge in [0.05, 0.1) is 0 Å². The summed E-state index contributed by atoms with van der Waals surface area (Å²) in [6.07, 6.45) is -71.7. The van der Waals surface area contributed by atoms with Gasteiger partial charge in [0.1, 0.15) is 0 Å². The normalized spacial score (nSPS) is 13.9. The summed E-state index contributed by atoms with van der Waals surface area (Å²) in [4.78, 5) is 58.9. The minimum atomic E-state index is -5.46. The number of ketones is 6. The van der Waals surface area contributed by atoms with E-state index in [4.69, 9.17) is 0 Å². The molecule has 12 nitrogen and oxygen atoms in total. The minimum absolute atomic E-state index is 0. The van der Waals surface area contributed by atoms with E-state index in [0.717, 1.165) is 0 Å². The van der Waals surface area contributed by atoms with Gasteiger partial charge < -0.3 is 30.6 Å². The Morgan fingerprint density at radius 1 is 0.185 bits per heavy atom. The summed E-state index contributed by atoms with van der Waals surface area (Å²) in [6.45, 7) is 0. The fourth-order valence-corrected chi connectivity index (χ4v) is 1.70. The molecular weight excluding hydrogens is 1550 g/mol. The first kappa shape index (κ1) is 94.9. The van der Waals surface area contributed by atoms with E-state index in [1.165, 1.54) is 0 Å². The van der Waals surface area contributed by atoms with E-state index in [2.05, 4.69) is 0 Å². The third kappa shape index (κ3) is 48.0. The van der Waals surface area contributed by atoms with Gasteiger partial charge in [-0.2, -0.15) is 158 Å². The average molecular weight is 1560 g/mol. The molecule has 0 saturated carbocycles. The van der Waals surface area contributed by atoms with Gasteiger partial charge in [0.15, 0.2) is 0 Å². The van der Waals surface area contributed by atoms with Gasteiger partial charge in [-0.25, -0.2) is 0 Å². The van der Waals surface area contributed by atoms with Gasteiger partial charge >= 0.3 is 136 Å². The molecule has 0 amide bonds. The zero-order valence-electron chi connectivity index (χ0n) is 35.2. The standard InChI is InChI=1S/6C5H2F6O2.2Mn.Pb/c6*6-4(7,8)2(12)1-3(13)5(9,10)11;;;/h6*1,12H;;;/q;;;;;;3*+2/p-6/b6*2-1-;;;. The van der Waals surface area contributed by atoms with Crippen molar-refractivity contribution in [3.63, 3.8) is 0 Å². The molecule has 468 valence electrons. The molecule has 0 aromatic heterocycles. The minimum Gasteiger partial charge on any atom is -0.869 e. The van der Waals surface area contributed by atoms with E-state index in [9.17, 15) is 217 Å². The van der Waals surface area contributed by atoms with E-state index < -0.39 is 180 Å². The summed E-state index contributed by atoms with van der Waals surface area (Å²) in [7, 11) is 0. The third-order valence-electron chi connectivity index (χ3n) is 4.93. The molecule has 0 spiro atoms. The molecule has 0 aromatic rings. The molecule has 0 bridgehead atoms. The number of hydrogen-bond donors (Lipinski definition) is 0. The maximum absolute atomic E-state index is 11.3. The van der Waals surface area contributed by atoms with Crippen LogP contribution in [0.2, 0.25) is 0 Å². The van der Waals surface area contributed by atoms with Crippen molar-refractivity contribution in [3.05, 3.63) is 71.0 Å². The van der Waals surface area contributed by atoms with E-state index in [-0.39, 0.29) is 61.4 Å². The molecule has 0 rings (SSSR count). The summed E-state index contributed by atoms with van der Waals surface area (Å²) >= 11 is 0. The molecule has 0 saturated heterocycles. The zero-order valence-corrected chi connectivity index (χ0v) is 41.5. The van der Waals surface area contributed by atoms with Crippen LogP contribution in [-0.4, -0.2) is 136 Å². The number of carbonyl (C=O) groups is 6. The monoisotopic (exact) mass is 1560 g/mol. The maximum Gasteiger partial charge on any atom is 2.00 e. The first-order valence-corrected chi connectivity index (χ1v) is 15.7. The summed E-state index contributed by atoms with van der Waals surface area (Å²) in [5, 5.41) is 58.9. The van der Waals surface area contributed by atoms with Gasteiger partial charge in [0.25, 0.3) is 34.7 Å². The van der Waals surface area contributed by atoms with Crippen molar-refractivity contribution < 1.29 is 252 Å². The van der Waals surface area contributed by atoms with Gasteiger partial charge in [0, 0.05) is 0 Å². The molecule has 0 heterocycles. The third-order valence-corrected chi connectivity index (χ3v) is 4.93. The van der Waals surface area contributed by atoms with Crippen molar-refractivity contribution in [2.24, 2.45) is 0 Å². The Bertz CT molecular complexity index is 1830. The van der Waals surface area contributed by atoms with Gasteiger partial charge in [-0.1, -0.05) is 0 Å². The Kier molecular flexibility index (Phi) is 40.3. The second-order valence-electron chi connectivity index (χ2n) is 11.2. The molecule has 0 aliphatic heterocycles. The average Bonchev–Trinajstić information content (AvgIpc) is 3.14. The molecule has 0 N–H and O–H groups in total. The van der Waals surface area contributed by atoms with E-state index in [0.29, 0.717) is 0 Å². The number of hydrogen-bond acceptors (Lipinski definition) is 12. The molecule has 0 aromatic carbocycles. The fourth-order valence-electron chi connectivity index (χ4n) is 1.70. The predicted octanol–water partition coefficient (Wildman–Crippen LogP) is 5.16. The molecule has 0 unspecified atom stereocenters. The number of allylic oxidation sites excluding steroid dienone is 12. The number of halogens is 36. The summed E-state index contributed by atoms with van der Waals surface area (Å²) < 4.78 is 407. The molecule has 4 radical (unpaired) electrons. The Morgan fingerprint density at radius 3 is 0.284 bits per heavy atom. The second kappa shape index (κ2) is 34.3. The molecule has 0 aliphatic rings.